The van der Waals surface area contributed by atoms with Gasteiger partial charge in [0.05, 0.1) is 12.1 Å². The number of likely N-dealkylation sites (tertiary alicyclic amines) is 1. The molecule has 3 unspecified atom stereocenters. The van der Waals surface area contributed by atoms with Gasteiger partial charge in [-0.05, 0) is 45.6 Å². The molecule has 0 spiro atoms. The number of amides is 1. The fraction of sp³-hybridized carbons (Fsp3) is 0.652. The van der Waals surface area contributed by atoms with E-state index in [9.17, 15) is 4.79 Å². The molecule has 2 fully saturated rings. The van der Waals surface area contributed by atoms with Crippen molar-refractivity contribution in [3.05, 3.63) is 35.9 Å². The molecule has 1 aromatic rings. The zero-order valence-corrected chi connectivity index (χ0v) is 21.4. The van der Waals surface area contributed by atoms with Gasteiger partial charge in [0.2, 0.25) is 0 Å². The van der Waals surface area contributed by atoms with Crippen LogP contribution in [0.1, 0.15) is 51.7 Å². The summed E-state index contributed by atoms with van der Waals surface area (Å²) in [5.41, 5.74) is 0.749. The van der Waals surface area contributed by atoms with Crippen LogP contribution in [0.15, 0.2) is 35.3 Å². The predicted octanol–water partition coefficient (Wildman–Crippen LogP) is 3.95. The maximum absolute atomic E-state index is 12.1. The van der Waals surface area contributed by atoms with Crippen molar-refractivity contribution in [3.63, 3.8) is 0 Å². The van der Waals surface area contributed by atoms with Crippen LogP contribution in [-0.2, 0) is 9.47 Å². The van der Waals surface area contributed by atoms with Crippen LogP contribution in [0.3, 0.4) is 0 Å². The number of halogens is 1. The summed E-state index contributed by atoms with van der Waals surface area (Å²) < 4.78 is 11.5. The smallest absolute Gasteiger partial charge is 0.407 e. The lowest BCUT2D eigenvalue weighted by atomic mass is 9.89. The zero-order chi connectivity index (χ0) is 21.6. The Labute approximate surface area is 203 Å². The molecule has 2 N–H and O–H groups in total. The molecule has 0 aliphatic carbocycles. The van der Waals surface area contributed by atoms with Gasteiger partial charge in [-0.2, -0.15) is 0 Å². The molecule has 2 aliphatic rings. The van der Waals surface area contributed by atoms with E-state index in [-0.39, 0.29) is 42.2 Å². The number of aliphatic imine (C=N–C) groups is 1. The van der Waals surface area contributed by atoms with Crippen LogP contribution in [-0.4, -0.2) is 61.9 Å². The van der Waals surface area contributed by atoms with E-state index < -0.39 is 5.60 Å². The van der Waals surface area contributed by atoms with Gasteiger partial charge >= 0.3 is 6.09 Å². The molecule has 8 heteroatoms. The Morgan fingerprint density at radius 1 is 1.26 bits per heavy atom. The fourth-order valence-electron chi connectivity index (χ4n) is 4.16. The Morgan fingerprint density at radius 2 is 2.00 bits per heavy atom. The van der Waals surface area contributed by atoms with Gasteiger partial charge in [0.1, 0.15) is 5.60 Å². The summed E-state index contributed by atoms with van der Waals surface area (Å²) in [4.78, 5) is 18.7. The monoisotopic (exact) mass is 544 g/mol. The summed E-state index contributed by atoms with van der Waals surface area (Å²) in [5.74, 6) is 1.28. The minimum atomic E-state index is -0.489. The van der Waals surface area contributed by atoms with E-state index in [1.165, 1.54) is 5.56 Å². The molecule has 174 valence electrons. The van der Waals surface area contributed by atoms with Crippen molar-refractivity contribution in [1.29, 1.82) is 0 Å². The number of nitrogens with one attached hydrogen (secondary N) is 2. The normalized spacial score (nSPS) is 24.3. The number of ether oxygens (including phenoxy) is 2. The van der Waals surface area contributed by atoms with Gasteiger partial charge < -0.3 is 25.0 Å². The first kappa shape index (κ1) is 25.7. The highest BCUT2D eigenvalue weighted by molar-refractivity contribution is 14.0. The number of nitrogens with zero attached hydrogens (tertiary/aromatic N) is 2. The van der Waals surface area contributed by atoms with Gasteiger partial charge in [0.25, 0.3) is 0 Å². The molecule has 0 bridgehead atoms. The minimum absolute atomic E-state index is 0. The molecule has 7 nitrogen and oxygen atoms in total. The third-order valence-corrected chi connectivity index (χ3v) is 5.52. The third-order valence-electron chi connectivity index (χ3n) is 5.52. The van der Waals surface area contributed by atoms with Gasteiger partial charge in [-0.15, -0.1) is 24.0 Å². The Hall–Kier alpha value is -1.55. The van der Waals surface area contributed by atoms with E-state index >= 15 is 0 Å². The molecule has 1 aromatic carbocycles. The molecular formula is C23H37IN4O3. The van der Waals surface area contributed by atoms with Crippen LogP contribution in [0.5, 0.6) is 0 Å². The second kappa shape index (κ2) is 11.9. The summed E-state index contributed by atoms with van der Waals surface area (Å²) in [6.07, 6.45) is 2.85. The molecule has 2 aliphatic heterocycles. The van der Waals surface area contributed by atoms with Gasteiger partial charge in [-0.3, -0.25) is 4.99 Å². The summed E-state index contributed by atoms with van der Waals surface area (Å²) in [6, 6.07) is 10.5. The fourth-order valence-corrected chi connectivity index (χ4v) is 4.16. The van der Waals surface area contributed by atoms with Crippen LogP contribution in [0.4, 0.5) is 4.79 Å². The number of carbonyl (C=O) groups is 1. The highest BCUT2D eigenvalue weighted by Gasteiger charge is 2.30. The van der Waals surface area contributed by atoms with E-state index in [0.29, 0.717) is 5.92 Å². The molecule has 0 aromatic heterocycles. The Bertz CT molecular complexity index is 723. The lowest BCUT2D eigenvalue weighted by Gasteiger charge is -2.33. The van der Waals surface area contributed by atoms with Gasteiger partial charge in [0.15, 0.2) is 5.96 Å². The highest BCUT2D eigenvalue weighted by atomic mass is 127. The Morgan fingerprint density at radius 3 is 2.68 bits per heavy atom. The zero-order valence-electron chi connectivity index (χ0n) is 19.1. The van der Waals surface area contributed by atoms with E-state index in [1.54, 1.807) is 0 Å². The molecule has 2 heterocycles. The van der Waals surface area contributed by atoms with Crippen molar-refractivity contribution in [2.24, 2.45) is 10.9 Å². The number of hydrogen-bond donors (Lipinski definition) is 2. The lowest BCUT2D eigenvalue weighted by molar-refractivity contribution is -0.0266. The average Bonchev–Trinajstić information content (AvgIpc) is 3.16. The van der Waals surface area contributed by atoms with E-state index in [2.05, 4.69) is 44.8 Å². The number of alkyl carbamates (subject to hydrolysis) is 1. The summed E-state index contributed by atoms with van der Waals surface area (Å²) in [5, 5.41) is 6.52. The maximum Gasteiger partial charge on any atom is 0.407 e. The molecule has 3 rings (SSSR count). The first-order valence-electron chi connectivity index (χ1n) is 11.0. The number of benzene rings is 1. The topological polar surface area (TPSA) is 75.2 Å². The van der Waals surface area contributed by atoms with Crippen LogP contribution in [0.2, 0.25) is 0 Å². The molecule has 2 saturated heterocycles. The largest absolute Gasteiger partial charge is 0.444 e. The van der Waals surface area contributed by atoms with Gasteiger partial charge in [0, 0.05) is 39.2 Å². The quantitative estimate of drug-likeness (QED) is 0.341. The summed E-state index contributed by atoms with van der Waals surface area (Å²) in [6.45, 7) is 8.82. The molecular weight excluding hydrogens is 507 g/mol. The Kier molecular flexibility index (Phi) is 9.87. The molecule has 3 atom stereocenters. The highest BCUT2D eigenvalue weighted by Crippen LogP contribution is 2.33. The van der Waals surface area contributed by atoms with E-state index in [1.807, 2.05) is 33.9 Å². The van der Waals surface area contributed by atoms with Crippen molar-refractivity contribution in [3.8, 4) is 0 Å². The number of rotatable bonds is 4. The second-order valence-corrected chi connectivity index (χ2v) is 9.11. The van der Waals surface area contributed by atoms with Crippen LogP contribution >= 0.6 is 24.0 Å². The van der Waals surface area contributed by atoms with E-state index in [0.717, 1.165) is 51.5 Å². The second-order valence-electron chi connectivity index (χ2n) is 9.11. The molecule has 1 amide bonds. The predicted molar refractivity (Wildman–Crippen MR) is 134 cm³/mol. The first-order chi connectivity index (χ1) is 14.4. The van der Waals surface area contributed by atoms with Crippen molar-refractivity contribution < 1.29 is 14.3 Å². The van der Waals surface area contributed by atoms with Crippen LogP contribution < -0.4 is 10.6 Å². The maximum atomic E-state index is 12.1. The first-order valence-corrected chi connectivity index (χ1v) is 11.0. The van der Waals surface area contributed by atoms with Crippen molar-refractivity contribution in [1.82, 2.24) is 15.5 Å². The Balaban J connectivity index is 0.00000341. The van der Waals surface area contributed by atoms with Crippen LogP contribution in [0.25, 0.3) is 0 Å². The lowest BCUT2D eigenvalue weighted by Crippen LogP contribution is -2.46. The number of hydrogen-bond acceptors (Lipinski definition) is 4. The van der Waals surface area contributed by atoms with Gasteiger partial charge in [-0.25, -0.2) is 4.79 Å². The SMILES string of the molecule is CN=C(NCC1CCCOC1c1ccccc1)N1CCC(NC(=O)OC(C)(C)C)C1.I. The average molecular weight is 544 g/mol. The van der Waals surface area contributed by atoms with E-state index in [4.69, 9.17) is 9.47 Å². The molecule has 0 saturated carbocycles. The van der Waals surface area contributed by atoms with Crippen molar-refractivity contribution in [2.45, 2.75) is 57.8 Å². The van der Waals surface area contributed by atoms with Crippen molar-refractivity contribution >= 4 is 36.0 Å². The summed E-state index contributed by atoms with van der Waals surface area (Å²) in [7, 11) is 1.81. The minimum Gasteiger partial charge on any atom is -0.444 e. The standard InChI is InChI=1S/C23H36N4O3.HI/c1-23(2,3)30-22(28)26-19-12-13-27(16-19)21(24-4)25-15-18-11-8-14-29-20(18)17-9-6-5-7-10-17;/h5-7,9-10,18-20H,8,11-16H2,1-4H3,(H,24,25)(H,26,28);1H. The molecule has 31 heavy (non-hydrogen) atoms. The third kappa shape index (κ3) is 7.82. The summed E-state index contributed by atoms with van der Waals surface area (Å²) >= 11 is 0. The number of guanidine groups is 1. The molecule has 0 radical (unpaired) electrons. The van der Waals surface area contributed by atoms with Crippen molar-refractivity contribution in [2.75, 3.05) is 33.3 Å². The van der Waals surface area contributed by atoms with Gasteiger partial charge in [-0.1, -0.05) is 30.3 Å². The van der Waals surface area contributed by atoms with Crippen LogP contribution in [0, 0.1) is 5.92 Å². The number of carbonyl (C=O) groups excluding carboxylic acids is 1.